The van der Waals surface area contributed by atoms with Gasteiger partial charge in [-0.3, -0.25) is 0 Å². The molecule has 1 aromatic carbocycles. The van der Waals surface area contributed by atoms with Crippen LogP contribution in [0.4, 0.5) is 0 Å². The summed E-state index contributed by atoms with van der Waals surface area (Å²) in [7, 11) is -3.42. The van der Waals surface area contributed by atoms with Crippen LogP contribution in [-0.2, 0) is 10.0 Å². The summed E-state index contributed by atoms with van der Waals surface area (Å²) in [4.78, 5) is 0.338. The molecule has 0 saturated heterocycles. The number of hydrogen-bond donors (Lipinski definition) is 2. The second-order valence-electron chi connectivity index (χ2n) is 5.36. The van der Waals surface area contributed by atoms with E-state index in [9.17, 15) is 8.42 Å². The Balaban J connectivity index is 2.84. The third-order valence-electron chi connectivity index (χ3n) is 3.65. The van der Waals surface area contributed by atoms with Crippen LogP contribution in [0.2, 0.25) is 0 Å². The number of nitrogens with one attached hydrogen (secondary N) is 2. The standard InChI is InChI=1S/C16H28N2O2S/c1-5-8-15(6-2)18-21(19,20)16-11-9-14(10-12-16)13(4)17-7-3/h9-13,15,17-18H,5-8H2,1-4H3. The zero-order chi connectivity index (χ0) is 15.9. The first-order valence-corrected chi connectivity index (χ1v) is 9.28. The van der Waals surface area contributed by atoms with Crippen LogP contribution in [0, 0.1) is 0 Å². The van der Waals surface area contributed by atoms with Gasteiger partial charge in [-0.2, -0.15) is 0 Å². The summed E-state index contributed by atoms with van der Waals surface area (Å²) in [5.74, 6) is 0. The van der Waals surface area contributed by atoms with E-state index in [1.807, 2.05) is 19.1 Å². The number of benzene rings is 1. The van der Waals surface area contributed by atoms with E-state index < -0.39 is 10.0 Å². The van der Waals surface area contributed by atoms with Crippen LogP contribution in [0.15, 0.2) is 29.2 Å². The second kappa shape index (κ2) is 8.51. The van der Waals surface area contributed by atoms with Gasteiger partial charge < -0.3 is 5.32 Å². The van der Waals surface area contributed by atoms with Gasteiger partial charge in [0.05, 0.1) is 4.90 Å². The molecule has 0 aromatic heterocycles. The van der Waals surface area contributed by atoms with Crippen LogP contribution in [0.3, 0.4) is 0 Å². The molecule has 5 heteroatoms. The van der Waals surface area contributed by atoms with Gasteiger partial charge in [0.25, 0.3) is 0 Å². The molecule has 0 spiro atoms. The van der Waals surface area contributed by atoms with Gasteiger partial charge in [-0.25, -0.2) is 13.1 Å². The number of hydrogen-bond acceptors (Lipinski definition) is 3. The van der Waals surface area contributed by atoms with Crippen molar-refractivity contribution in [2.45, 2.75) is 63.9 Å². The maximum atomic E-state index is 12.4. The summed E-state index contributed by atoms with van der Waals surface area (Å²) >= 11 is 0. The largest absolute Gasteiger partial charge is 0.310 e. The van der Waals surface area contributed by atoms with Gasteiger partial charge in [-0.1, -0.05) is 39.3 Å². The zero-order valence-electron chi connectivity index (χ0n) is 13.5. The summed E-state index contributed by atoms with van der Waals surface area (Å²) in [5.41, 5.74) is 1.09. The predicted octanol–water partition coefficient (Wildman–Crippen LogP) is 3.21. The van der Waals surface area contributed by atoms with Crippen LogP contribution in [-0.4, -0.2) is 21.0 Å². The average Bonchev–Trinajstić information content (AvgIpc) is 2.47. The fourth-order valence-corrected chi connectivity index (χ4v) is 3.70. The first kappa shape index (κ1) is 18.1. The molecule has 2 atom stereocenters. The van der Waals surface area contributed by atoms with Crippen molar-refractivity contribution in [1.29, 1.82) is 0 Å². The maximum Gasteiger partial charge on any atom is 0.240 e. The molecular formula is C16H28N2O2S. The molecule has 0 aliphatic heterocycles. The molecule has 0 radical (unpaired) electrons. The zero-order valence-corrected chi connectivity index (χ0v) is 14.3. The lowest BCUT2D eigenvalue weighted by Crippen LogP contribution is -2.34. The summed E-state index contributed by atoms with van der Waals surface area (Å²) in [5, 5.41) is 3.31. The lowest BCUT2D eigenvalue weighted by molar-refractivity contribution is 0.512. The van der Waals surface area contributed by atoms with Crippen LogP contribution < -0.4 is 10.0 Å². The average molecular weight is 312 g/mol. The van der Waals surface area contributed by atoms with Gasteiger partial charge in [0.15, 0.2) is 0 Å². The minimum Gasteiger partial charge on any atom is -0.310 e. The van der Waals surface area contributed by atoms with E-state index in [1.54, 1.807) is 12.1 Å². The first-order valence-electron chi connectivity index (χ1n) is 7.80. The van der Waals surface area contributed by atoms with E-state index >= 15 is 0 Å². The smallest absolute Gasteiger partial charge is 0.240 e. The number of rotatable bonds is 9. The normalized spacial score (nSPS) is 14.9. The lowest BCUT2D eigenvalue weighted by atomic mass is 10.1. The Kier molecular flexibility index (Phi) is 7.35. The molecule has 0 fully saturated rings. The highest BCUT2D eigenvalue weighted by molar-refractivity contribution is 7.89. The van der Waals surface area contributed by atoms with E-state index in [4.69, 9.17) is 0 Å². The summed E-state index contributed by atoms with van der Waals surface area (Å²) in [6, 6.07) is 7.36. The molecule has 0 bridgehead atoms. The van der Waals surface area contributed by atoms with Crippen LogP contribution >= 0.6 is 0 Å². The van der Waals surface area contributed by atoms with Gasteiger partial charge in [0.2, 0.25) is 10.0 Å². The Morgan fingerprint density at radius 2 is 1.71 bits per heavy atom. The van der Waals surface area contributed by atoms with E-state index in [1.165, 1.54) is 0 Å². The van der Waals surface area contributed by atoms with E-state index in [2.05, 4.69) is 30.8 Å². The molecule has 1 rings (SSSR count). The Hall–Kier alpha value is -0.910. The Bertz CT molecular complexity index is 512. The van der Waals surface area contributed by atoms with Crippen LogP contribution in [0.5, 0.6) is 0 Å². The van der Waals surface area contributed by atoms with Gasteiger partial charge in [0, 0.05) is 12.1 Å². The number of sulfonamides is 1. The van der Waals surface area contributed by atoms with Crippen LogP contribution in [0.25, 0.3) is 0 Å². The Labute approximate surface area is 129 Å². The monoisotopic (exact) mass is 312 g/mol. The fourth-order valence-electron chi connectivity index (χ4n) is 2.34. The molecule has 4 nitrogen and oxygen atoms in total. The third-order valence-corrected chi connectivity index (χ3v) is 5.19. The minimum absolute atomic E-state index is 0.0142. The molecule has 1 aromatic rings. The molecular weight excluding hydrogens is 284 g/mol. The SMILES string of the molecule is CCCC(CC)NS(=O)(=O)c1ccc(C(C)NCC)cc1. The lowest BCUT2D eigenvalue weighted by Gasteiger charge is -2.17. The highest BCUT2D eigenvalue weighted by Gasteiger charge is 2.18. The van der Waals surface area contributed by atoms with Crippen molar-refractivity contribution in [2.75, 3.05) is 6.54 Å². The molecule has 0 aliphatic rings. The van der Waals surface area contributed by atoms with E-state index in [0.717, 1.165) is 31.4 Å². The van der Waals surface area contributed by atoms with Gasteiger partial charge in [-0.15, -0.1) is 0 Å². The Morgan fingerprint density at radius 3 is 2.19 bits per heavy atom. The quantitative estimate of drug-likeness (QED) is 0.736. The maximum absolute atomic E-state index is 12.4. The topological polar surface area (TPSA) is 58.2 Å². The predicted molar refractivity (Wildman–Crippen MR) is 87.8 cm³/mol. The minimum atomic E-state index is -3.42. The van der Waals surface area contributed by atoms with E-state index in [0.29, 0.717) is 4.90 Å². The first-order chi connectivity index (χ1) is 9.94. The van der Waals surface area contributed by atoms with Gasteiger partial charge in [-0.05, 0) is 44.0 Å². The molecule has 2 N–H and O–H groups in total. The third kappa shape index (κ3) is 5.41. The summed E-state index contributed by atoms with van der Waals surface area (Å²) < 4.78 is 27.5. The van der Waals surface area contributed by atoms with Gasteiger partial charge >= 0.3 is 0 Å². The molecule has 0 aliphatic carbocycles. The molecule has 0 heterocycles. The highest BCUT2D eigenvalue weighted by Crippen LogP contribution is 2.17. The van der Waals surface area contributed by atoms with Crippen molar-refractivity contribution in [3.8, 4) is 0 Å². The molecule has 2 unspecified atom stereocenters. The van der Waals surface area contributed by atoms with Crippen molar-refractivity contribution in [3.63, 3.8) is 0 Å². The summed E-state index contributed by atoms with van der Waals surface area (Å²) in [6.45, 7) is 9.08. The van der Waals surface area contributed by atoms with Gasteiger partial charge in [0.1, 0.15) is 0 Å². The van der Waals surface area contributed by atoms with Crippen molar-refractivity contribution < 1.29 is 8.42 Å². The molecule has 0 amide bonds. The Morgan fingerprint density at radius 1 is 1.10 bits per heavy atom. The fraction of sp³-hybridized carbons (Fsp3) is 0.625. The molecule has 0 saturated carbocycles. The molecule has 120 valence electrons. The van der Waals surface area contributed by atoms with Crippen LogP contribution in [0.1, 0.15) is 58.6 Å². The van der Waals surface area contributed by atoms with Crippen molar-refractivity contribution >= 4 is 10.0 Å². The summed E-state index contributed by atoms with van der Waals surface area (Å²) in [6.07, 6.45) is 2.65. The van der Waals surface area contributed by atoms with E-state index in [-0.39, 0.29) is 12.1 Å². The highest BCUT2D eigenvalue weighted by atomic mass is 32.2. The second-order valence-corrected chi connectivity index (χ2v) is 7.08. The molecule has 21 heavy (non-hydrogen) atoms. The van der Waals surface area contributed by atoms with Crippen molar-refractivity contribution in [2.24, 2.45) is 0 Å². The van der Waals surface area contributed by atoms with Crippen molar-refractivity contribution in [1.82, 2.24) is 10.0 Å². The van der Waals surface area contributed by atoms with Crippen molar-refractivity contribution in [3.05, 3.63) is 29.8 Å².